The number of H-pyrrole nitrogens is 1. The highest BCUT2D eigenvalue weighted by Gasteiger charge is 2.20. The van der Waals surface area contributed by atoms with E-state index < -0.39 is 11.6 Å². The van der Waals surface area contributed by atoms with Crippen molar-refractivity contribution < 1.29 is 9.21 Å². The summed E-state index contributed by atoms with van der Waals surface area (Å²) in [6.45, 7) is 3.47. The minimum Gasteiger partial charge on any atom is -0.460 e. The number of aromatic amines is 1. The number of benzene rings is 1. The first-order valence-corrected chi connectivity index (χ1v) is 6.90. The summed E-state index contributed by atoms with van der Waals surface area (Å²) in [6, 6.07) is 11.0. The molecule has 22 heavy (non-hydrogen) atoms. The molecule has 0 saturated carbocycles. The van der Waals surface area contributed by atoms with Gasteiger partial charge >= 0.3 is 5.69 Å². The summed E-state index contributed by atoms with van der Waals surface area (Å²) in [5, 5.41) is 3.58. The first-order valence-electron chi connectivity index (χ1n) is 6.90. The van der Waals surface area contributed by atoms with Gasteiger partial charge in [-0.3, -0.25) is 4.79 Å². The molecule has 1 atom stereocenters. The third kappa shape index (κ3) is 2.76. The van der Waals surface area contributed by atoms with E-state index in [9.17, 15) is 9.59 Å². The highest BCUT2D eigenvalue weighted by molar-refractivity contribution is 5.95. The molecule has 0 unspecified atom stereocenters. The highest BCUT2D eigenvalue weighted by atomic mass is 16.3. The van der Waals surface area contributed by atoms with Gasteiger partial charge in [0.2, 0.25) is 5.91 Å². The number of para-hydroxylation sites is 1. The highest BCUT2D eigenvalue weighted by Crippen LogP contribution is 2.25. The zero-order valence-electron chi connectivity index (χ0n) is 12.2. The molecule has 0 bridgehead atoms. The maximum Gasteiger partial charge on any atom is 0.347 e. The average molecular weight is 297 g/mol. The molecule has 2 N–H and O–H groups in total. The molecule has 0 radical (unpaired) electrons. The zero-order valence-corrected chi connectivity index (χ0v) is 12.2. The van der Waals surface area contributed by atoms with Gasteiger partial charge in [-0.1, -0.05) is 18.2 Å². The summed E-state index contributed by atoms with van der Waals surface area (Å²) >= 11 is 0. The van der Waals surface area contributed by atoms with Gasteiger partial charge in [0.15, 0.2) is 0 Å². The number of anilines is 1. The third-order valence-electron chi connectivity index (χ3n) is 3.40. The first-order chi connectivity index (χ1) is 10.5. The van der Waals surface area contributed by atoms with Crippen LogP contribution in [0.5, 0.6) is 0 Å². The van der Waals surface area contributed by atoms with E-state index >= 15 is 0 Å². The number of aromatic nitrogens is 2. The lowest BCUT2D eigenvalue weighted by atomic mass is 10.1. The molecule has 0 spiro atoms. The van der Waals surface area contributed by atoms with E-state index in [2.05, 4.69) is 15.3 Å². The van der Waals surface area contributed by atoms with Gasteiger partial charge < -0.3 is 14.7 Å². The zero-order chi connectivity index (χ0) is 15.7. The molecule has 6 nitrogen and oxygen atoms in total. The number of nitrogens with zero attached hydrogens (tertiary/aromatic N) is 1. The predicted molar refractivity (Wildman–Crippen MR) is 82.9 cm³/mol. The summed E-state index contributed by atoms with van der Waals surface area (Å²) in [5.74, 6) is 0.0276. The van der Waals surface area contributed by atoms with Crippen molar-refractivity contribution in [1.29, 1.82) is 0 Å². The van der Waals surface area contributed by atoms with Crippen molar-refractivity contribution >= 4 is 22.7 Å². The van der Waals surface area contributed by atoms with E-state index in [1.54, 1.807) is 19.9 Å². The number of hydrogen-bond acceptors (Lipinski definition) is 4. The smallest absolute Gasteiger partial charge is 0.347 e. The number of aryl methyl sites for hydroxylation is 1. The quantitative estimate of drug-likeness (QED) is 0.777. The van der Waals surface area contributed by atoms with Crippen LogP contribution >= 0.6 is 0 Å². The van der Waals surface area contributed by atoms with Crippen molar-refractivity contribution in [3.63, 3.8) is 0 Å². The van der Waals surface area contributed by atoms with E-state index in [1.165, 1.54) is 0 Å². The lowest BCUT2D eigenvalue weighted by Gasteiger charge is -2.09. The molecular weight excluding hydrogens is 282 g/mol. The van der Waals surface area contributed by atoms with Gasteiger partial charge in [-0.05, 0) is 26.0 Å². The van der Waals surface area contributed by atoms with E-state index in [-0.39, 0.29) is 11.7 Å². The Labute approximate surface area is 126 Å². The lowest BCUT2D eigenvalue weighted by molar-refractivity contribution is -0.117. The fourth-order valence-electron chi connectivity index (χ4n) is 2.22. The Morgan fingerprint density at radius 3 is 2.82 bits per heavy atom. The second-order valence-electron chi connectivity index (χ2n) is 5.15. The van der Waals surface area contributed by atoms with Crippen LogP contribution in [0, 0.1) is 6.92 Å². The fraction of sp³-hybridized carbons (Fsp3) is 0.188. The van der Waals surface area contributed by atoms with E-state index in [0.29, 0.717) is 11.5 Å². The molecule has 2 heterocycles. The van der Waals surface area contributed by atoms with E-state index in [0.717, 1.165) is 11.0 Å². The topological polar surface area (TPSA) is 88.0 Å². The molecule has 0 fully saturated rings. The van der Waals surface area contributed by atoms with Crippen LogP contribution in [0.2, 0.25) is 0 Å². The van der Waals surface area contributed by atoms with Crippen LogP contribution < -0.4 is 11.0 Å². The Balaban J connectivity index is 1.83. The fourth-order valence-corrected chi connectivity index (χ4v) is 2.22. The van der Waals surface area contributed by atoms with Gasteiger partial charge in [0, 0.05) is 17.1 Å². The Morgan fingerprint density at radius 1 is 1.32 bits per heavy atom. The molecule has 1 aromatic carbocycles. The number of rotatable bonds is 3. The van der Waals surface area contributed by atoms with Gasteiger partial charge in [-0.15, -0.1) is 0 Å². The Bertz CT molecular complexity index is 862. The van der Waals surface area contributed by atoms with Crippen molar-refractivity contribution in [2.45, 2.75) is 19.8 Å². The second-order valence-corrected chi connectivity index (χ2v) is 5.15. The van der Waals surface area contributed by atoms with Gasteiger partial charge in [-0.2, -0.15) is 4.98 Å². The second kappa shape index (κ2) is 5.48. The minimum absolute atomic E-state index is 0.231. The van der Waals surface area contributed by atoms with Crippen LogP contribution in [0.25, 0.3) is 11.0 Å². The molecule has 0 aliphatic heterocycles. The summed E-state index contributed by atoms with van der Waals surface area (Å²) < 4.78 is 5.69. The maximum atomic E-state index is 12.3. The van der Waals surface area contributed by atoms with Crippen molar-refractivity contribution in [3.05, 3.63) is 58.3 Å². The number of carbonyl (C=O) groups excluding carboxylic acids is 1. The molecule has 0 aliphatic rings. The number of carbonyl (C=O) groups is 1. The Kier molecular flexibility index (Phi) is 3.50. The SMILES string of the molecule is Cc1cc(NC(=O)[C@@H](C)c2cc3ccccc3o2)nc(=O)[nH]1. The van der Waals surface area contributed by atoms with Crippen LogP contribution in [-0.2, 0) is 4.79 Å². The summed E-state index contributed by atoms with van der Waals surface area (Å²) in [7, 11) is 0. The number of furan rings is 1. The van der Waals surface area contributed by atoms with Crippen molar-refractivity contribution in [2.24, 2.45) is 0 Å². The number of hydrogen-bond donors (Lipinski definition) is 2. The van der Waals surface area contributed by atoms with Crippen molar-refractivity contribution in [3.8, 4) is 0 Å². The molecule has 1 amide bonds. The van der Waals surface area contributed by atoms with Crippen molar-refractivity contribution in [2.75, 3.05) is 5.32 Å². The predicted octanol–water partition coefficient (Wildman–Crippen LogP) is 2.57. The molecule has 3 rings (SSSR count). The molecular formula is C16H15N3O3. The third-order valence-corrected chi connectivity index (χ3v) is 3.40. The molecule has 0 aliphatic carbocycles. The standard InChI is InChI=1S/C16H15N3O3/c1-9-7-14(19-16(21)17-9)18-15(20)10(2)13-8-11-5-3-4-6-12(11)22-13/h3-8,10H,1-2H3,(H2,17,18,19,20,21)/t10-/m0/s1. The molecule has 6 heteroatoms. The monoisotopic (exact) mass is 297 g/mol. The van der Waals surface area contributed by atoms with Crippen LogP contribution in [-0.4, -0.2) is 15.9 Å². The van der Waals surface area contributed by atoms with Crippen molar-refractivity contribution in [1.82, 2.24) is 9.97 Å². The minimum atomic E-state index is -0.494. The molecule has 2 aromatic heterocycles. The van der Waals surface area contributed by atoms with E-state index in [4.69, 9.17) is 4.42 Å². The number of fused-ring (bicyclic) bond motifs is 1. The van der Waals surface area contributed by atoms with Gasteiger partial charge in [0.1, 0.15) is 17.2 Å². The summed E-state index contributed by atoms with van der Waals surface area (Å²) in [5.41, 5.74) is 0.876. The number of nitrogens with one attached hydrogen (secondary N) is 2. The van der Waals surface area contributed by atoms with Gasteiger partial charge in [-0.25, -0.2) is 4.79 Å². The van der Waals surface area contributed by atoms with Crippen LogP contribution in [0.3, 0.4) is 0 Å². The van der Waals surface area contributed by atoms with Gasteiger partial charge in [0.05, 0.1) is 5.92 Å². The Morgan fingerprint density at radius 2 is 2.09 bits per heavy atom. The number of amides is 1. The molecule has 3 aromatic rings. The summed E-state index contributed by atoms with van der Waals surface area (Å²) in [6.07, 6.45) is 0. The lowest BCUT2D eigenvalue weighted by Crippen LogP contribution is -2.22. The largest absolute Gasteiger partial charge is 0.460 e. The normalized spacial score (nSPS) is 12.3. The van der Waals surface area contributed by atoms with Gasteiger partial charge in [0.25, 0.3) is 0 Å². The Hall–Kier alpha value is -2.89. The molecule has 0 saturated heterocycles. The van der Waals surface area contributed by atoms with Crippen LogP contribution in [0.4, 0.5) is 5.82 Å². The first kappa shape index (κ1) is 14.1. The molecule has 112 valence electrons. The maximum absolute atomic E-state index is 12.3. The average Bonchev–Trinajstić information content (AvgIpc) is 2.89. The van der Waals surface area contributed by atoms with Crippen LogP contribution in [0.15, 0.2) is 45.6 Å². The van der Waals surface area contributed by atoms with Crippen LogP contribution in [0.1, 0.15) is 24.3 Å². The summed E-state index contributed by atoms with van der Waals surface area (Å²) in [4.78, 5) is 29.8. The van der Waals surface area contributed by atoms with E-state index in [1.807, 2.05) is 30.3 Å².